The molecule has 0 fully saturated rings. The summed E-state index contributed by atoms with van der Waals surface area (Å²) in [6.07, 6.45) is 3.00. The molecule has 48 valence electrons. The molecule has 0 radical (unpaired) electrons. The summed E-state index contributed by atoms with van der Waals surface area (Å²) in [7, 11) is 0. The van der Waals surface area contributed by atoms with Crippen LogP contribution in [-0.2, 0) is 9.63 Å². The lowest BCUT2D eigenvalue weighted by Crippen LogP contribution is -2.13. The van der Waals surface area contributed by atoms with Crippen molar-refractivity contribution in [3.63, 3.8) is 0 Å². The van der Waals surface area contributed by atoms with E-state index in [9.17, 15) is 4.79 Å². The number of carboxylic acids is 1. The first-order valence-electron chi connectivity index (χ1n) is 2.40. The van der Waals surface area contributed by atoms with E-state index < -0.39 is 5.97 Å². The topological polar surface area (TPSA) is 58.9 Å². The highest BCUT2D eigenvalue weighted by molar-refractivity contribution is 6.40. The molecular formula is C5H5NO3. The second kappa shape index (κ2) is 2.30. The Labute approximate surface area is 51.4 Å². The molecular weight excluding hydrogens is 122 g/mol. The molecule has 0 amide bonds. The number of carbonyl (C=O) groups is 1. The SMILES string of the molecule is O=C(O)C1=NOCC=C1. The second-order valence-corrected chi connectivity index (χ2v) is 1.48. The maximum atomic E-state index is 10.1. The number of nitrogens with zero attached hydrogens (tertiary/aromatic N) is 1. The van der Waals surface area contributed by atoms with Crippen LogP contribution in [0, 0.1) is 0 Å². The number of hydrogen-bond donors (Lipinski definition) is 1. The lowest BCUT2D eigenvalue weighted by atomic mass is 10.3. The summed E-state index contributed by atoms with van der Waals surface area (Å²) in [5, 5.41) is 11.5. The monoisotopic (exact) mass is 127 g/mol. The average Bonchev–Trinajstić information content (AvgIpc) is 1.90. The van der Waals surface area contributed by atoms with E-state index in [0.717, 1.165) is 0 Å². The van der Waals surface area contributed by atoms with Crippen LogP contribution in [0.3, 0.4) is 0 Å². The van der Waals surface area contributed by atoms with E-state index in [0.29, 0.717) is 6.61 Å². The van der Waals surface area contributed by atoms with Gasteiger partial charge in [-0.15, -0.1) is 0 Å². The van der Waals surface area contributed by atoms with E-state index in [1.165, 1.54) is 6.08 Å². The fourth-order valence-electron chi connectivity index (χ4n) is 0.450. The summed E-state index contributed by atoms with van der Waals surface area (Å²) < 4.78 is 0. The highest BCUT2D eigenvalue weighted by atomic mass is 16.6. The van der Waals surface area contributed by atoms with Crippen LogP contribution in [0.2, 0.25) is 0 Å². The summed E-state index contributed by atoms with van der Waals surface area (Å²) in [4.78, 5) is 14.6. The van der Waals surface area contributed by atoms with Gasteiger partial charge < -0.3 is 9.94 Å². The van der Waals surface area contributed by atoms with Gasteiger partial charge in [0.15, 0.2) is 5.71 Å². The molecule has 9 heavy (non-hydrogen) atoms. The first kappa shape index (κ1) is 5.81. The minimum absolute atomic E-state index is 0.0544. The molecule has 1 N–H and O–H groups in total. The smallest absolute Gasteiger partial charge is 0.357 e. The number of rotatable bonds is 1. The van der Waals surface area contributed by atoms with Gasteiger partial charge in [0.1, 0.15) is 6.61 Å². The van der Waals surface area contributed by atoms with Crippen LogP contribution in [0.4, 0.5) is 0 Å². The molecule has 1 aliphatic heterocycles. The van der Waals surface area contributed by atoms with Gasteiger partial charge in [-0.1, -0.05) is 5.16 Å². The van der Waals surface area contributed by atoms with Crippen molar-refractivity contribution in [2.45, 2.75) is 0 Å². The number of carboxylic acid groups (broad SMARTS) is 1. The standard InChI is InChI=1S/C5H5NO3/c7-5(8)4-2-1-3-9-6-4/h1-2H,3H2,(H,7,8). The Balaban J connectivity index is 2.69. The Bertz CT molecular complexity index is 183. The van der Waals surface area contributed by atoms with Crippen LogP contribution in [0.15, 0.2) is 17.3 Å². The predicted molar refractivity (Wildman–Crippen MR) is 30.2 cm³/mol. The molecule has 0 unspecified atom stereocenters. The zero-order valence-electron chi connectivity index (χ0n) is 4.57. The van der Waals surface area contributed by atoms with Crippen molar-refractivity contribution in [3.8, 4) is 0 Å². The van der Waals surface area contributed by atoms with Crippen LogP contribution in [-0.4, -0.2) is 23.4 Å². The van der Waals surface area contributed by atoms with Crippen molar-refractivity contribution >= 4 is 11.7 Å². The van der Waals surface area contributed by atoms with Crippen molar-refractivity contribution in [2.24, 2.45) is 5.16 Å². The van der Waals surface area contributed by atoms with Gasteiger partial charge in [0, 0.05) is 0 Å². The molecule has 0 aromatic rings. The molecule has 0 atom stereocenters. The highest BCUT2D eigenvalue weighted by Crippen LogP contribution is 1.92. The third kappa shape index (κ3) is 1.28. The van der Waals surface area contributed by atoms with Crippen molar-refractivity contribution < 1.29 is 14.7 Å². The number of oxime groups is 1. The van der Waals surface area contributed by atoms with Crippen LogP contribution in [0.5, 0.6) is 0 Å². The summed E-state index contributed by atoms with van der Waals surface area (Å²) in [5.41, 5.74) is -0.0544. The largest absolute Gasteiger partial charge is 0.476 e. The molecule has 0 aromatic heterocycles. The molecule has 0 spiro atoms. The fourth-order valence-corrected chi connectivity index (χ4v) is 0.450. The van der Waals surface area contributed by atoms with E-state index in [4.69, 9.17) is 5.11 Å². The molecule has 1 heterocycles. The molecule has 0 saturated heterocycles. The normalized spacial score (nSPS) is 16.2. The van der Waals surface area contributed by atoms with Crippen LogP contribution < -0.4 is 0 Å². The molecule has 0 saturated carbocycles. The fraction of sp³-hybridized carbons (Fsp3) is 0.200. The zero-order chi connectivity index (χ0) is 6.69. The Morgan fingerprint density at radius 1 is 1.89 bits per heavy atom. The summed E-state index contributed by atoms with van der Waals surface area (Å²) >= 11 is 0. The summed E-state index contributed by atoms with van der Waals surface area (Å²) in [6.45, 7) is 0.358. The first-order valence-corrected chi connectivity index (χ1v) is 2.40. The van der Waals surface area contributed by atoms with E-state index >= 15 is 0 Å². The first-order chi connectivity index (χ1) is 4.30. The Morgan fingerprint density at radius 3 is 3.00 bits per heavy atom. The number of hydrogen-bond acceptors (Lipinski definition) is 3. The third-order valence-corrected chi connectivity index (χ3v) is 0.828. The van der Waals surface area contributed by atoms with Gasteiger partial charge in [-0.3, -0.25) is 0 Å². The van der Waals surface area contributed by atoms with Gasteiger partial charge in [-0.25, -0.2) is 4.79 Å². The molecule has 4 heteroatoms. The van der Waals surface area contributed by atoms with Crippen LogP contribution in [0.1, 0.15) is 0 Å². The van der Waals surface area contributed by atoms with E-state index in [2.05, 4.69) is 9.99 Å². The van der Waals surface area contributed by atoms with Gasteiger partial charge in [0.25, 0.3) is 0 Å². The Hall–Kier alpha value is -1.32. The van der Waals surface area contributed by atoms with Crippen molar-refractivity contribution in [2.75, 3.05) is 6.61 Å². The van der Waals surface area contributed by atoms with E-state index in [-0.39, 0.29) is 5.71 Å². The Kier molecular flexibility index (Phi) is 1.48. The molecule has 4 nitrogen and oxygen atoms in total. The molecule has 0 bridgehead atoms. The van der Waals surface area contributed by atoms with Gasteiger partial charge in [0.2, 0.25) is 0 Å². The maximum absolute atomic E-state index is 10.1. The maximum Gasteiger partial charge on any atom is 0.357 e. The van der Waals surface area contributed by atoms with Gasteiger partial charge in [-0.2, -0.15) is 0 Å². The van der Waals surface area contributed by atoms with E-state index in [1.807, 2.05) is 0 Å². The van der Waals surface area contributed by atoms with Crippen molar-refractivity contribution in [1.29, 1.82) is 0 Å². The summed E-state index contributed by atoms with van der Waals surface area (Å²) in [5.74, 6) is -1.06. The second-order valence-electron chi connectivity index (χ2n) is 1.48. The van der Waals surface area contributed by atoms with Gasteiger partial charge >= 0.3 is 5.97 Å². The average molecular weight is 127 g/mol. The zero-order valence-corrected chi connectivity index (χ0v) is 4.57. The predicted octanol–water partition coefficient (Wildman–Crippen LogP) is 0.0134. The Morgan fingerprint density at radius 2 is 2.67 bits per heavy atom. The summed E-state index contributed by atoms with van der Waals surface area (Å²) in [6, 6.07) is 0. The van der Waals surface area contributed by atoms with Crippen LogP contribution in [0.25, 0.3) is 0 Å². The van der Waals surface area contributed by atoms with Gasteiger partial charge in [-0.05, 0) is 12.2 Å². The molecule has 1 aliphatic rings. The lowest BCUT2D eigenvalue weighted by Gasteiger charge is -1.99. The highest BCUT2D eigenvalue weighted by Gasteiger charge is 2.07. The van der Waals surface area contributed by atoms with Crippen molar-refractivity contribution in [3.05, 3.63) is 12.2 Å². The van der Waals surface area contributed by atoms with Gasteiger partial charge in [0.05, 0.1) is 0 Å². The van der Waals surface area contributed by atoms with Crippen molar-refractivity contribution in [1.82, 2.24) is 0 Å². The van der Waals surface area contributed by atoms with E-state index in [1.54, 1.807) is 6.08 Å². The minimum Gasteiger partial charge on any atom is -0.476 e. The minimum atomic E-state index is -1.06. The molecule has 1 rings (SSSR count). The number of aliphatic carboxylic acids is 1. The lowest BCUT2D eigenvalue weighted by molar-refractivity contribution is -0.129. The molecule has 0 aromatic carbocycles. The quantitative estimate of drug-likeness (QED) is 0.539. The third-order valence-electron chi connectivity index (χ3n) is 0.828. The van der Waals surface area contributed by atoms with Crippen LogP contribution >= 0.6 is 0 Å². The molecule has 0 aliphatic carbocycles.